The third-order valence-electron chi connectivity index (χ3n) is 7.07. The number of rotatable bonds is 7. The first-order chi connectivity index (χ1) is 17.8. The van der Waals surface area contributed by atoms with Crippen molar-refractivity contribution in [2.75, 3.05) is 20.2 Å². The second kappa shape index (κ2) is 10.6. The Morgan fingerprint density at radius 3 is 2.54 bits per heavy atom. The predicted molar refractivity (Wildman–Crippen MR) is 142 cm³/mol. The van der Waals surface area contributed by atoms with Crippen LogP contribution in [0, 0.1) is 5.41 Å². The largest absolute Gasteiger partial charge is 0.496 e. The molecule has 1 N–H and O–H groups in total. The molecule has 1 saturated carbocycles. The fourth-order valence-corrected chi connectivity index (χ4v) is 5.56. The summed E-state index contributed by atoms with van der Waals surface area (Å²) in [4.78, 5) is 31.7. The van der Waals surface area contributed by atoms with E-state index >= 15 is 0 Å². The van der Waals surface area contributed by atoms with Crippen LogP contribution in [-0.4, -0.2) is 47.9 Å². The fraction of sp³-hybridized carbons (Fsp3) is 0.321. The summed E-state index contributed by atoms with van der Waals surface area (Å²) in [5.41, 5.74) is 1.46. The van der Waals surface area contributed by atoms with Gasteiger partial charge in [-0.2, -0.15) is 0 Å². The zero-order chi connectivity index (χ0) is 26.0. The molecular formula is C28H27Cl2N3O4. The molecule has 1 spiro atoms. The van der Waals surface area contributed by atoms with E-state index in [2.05, 4.69) is 10.3 Å². The normalized spacial score (nSPS) is 20.4. The van der Waals surface area contributed by atoms with E-state index in [-0.39, 0.29) is 29.7 Å². The van der Waals surface area contributed by atoms with Crippen molar-refractivity contribution >= 4 is 35.0 Å². The van der Waals surface area contributed by atoms with Gasteiger partial charge in [0.2, 0.25) is 11.8 Å². The van der Waals surface area contributed by atoms with E-state index in [9.17, 15) is 9.59 Å². The van der Waals surface area contributed by atoms with Crippen molar-refractivity contribution in [1.82, 2.24) is 15.2 Å². The van der Waals surface area contributed by atoms with Gasteiger partial charge in [0, 0.05) is 47.5 Å². The van der Waals surface area contributed by atoms with Crippen LogP contribution >= 0.6 is 23.2 Å². The maximum Gasteiger partial charge on any atom is 0.253 e. The molecule has 192 valence electrons. The number of nitrogens with one attached hydrogen (secondary N) is 1. The summed E-state index contributed by atoms with van der Waals surface area (Å²) in [5, 5.41) is 4.23. The molecular weight excluding hydrogens is 513 g/mol. The fourth-order valence-electron chi connectivity index (χ4n) is 5.26. The number of halogens is 2. The van der Waals surface area contributed by atoms with Crippen LogP contribution in [0.1, 0.15) is 35.2 Å². The molecule has 0 bridgehead atoms. The van der Waals surface area contributed by atoms with Gasteiger partial charge in [-0.25, -0.2) is 4.98 Å². The minimum Gasteiger partial charge on any atom is -0.496 e. The van der Waals surface area contributed by atoms with E-state index in [1.165, 1.54) is 6.20 Å². The molecule has 1 aliphatic heterocycles. The Morgan fingerprint density at radius 2 is 1.84 bits per heavy atom. The number of ether oxygens (including phenoxy) is 2. The average molecular weight is 540 g/mol. The molecule has 9 heteroatoms. The standard InChI is InChI=1S/C28H27Cl2N3O4/c1-36-24-8-4-20(29)12-19(24)13-25(34)32-22-14-28(15-22)10-11-33(17-28)27(35)18-2-6-23(7-3-18)37-26-9-5-21(30)16-31-26/h2-9,12,16,22H,10-11,13-15,17H2,1H3,(H,32,34). The van der Waals surface area contributed by atoms with Crippen molar-refractivity contribution in [2.45, 2.75) is 31.7 Å². The zero-order valence-electron chi connectivity index (χ0n) is 20.4. The molecule has 0 atom stereocenters. The van der Waals surface area contributed by atoms with Crippen LogP contribution < -0.4 is 14.8 Å². The van der Waals surface area contributed by atoms with Crippen LogP contribution in [0.5, 0.6) is 17.4 Å². The highest BCUT2D eigenvalue weighted by molar-refractivity contribution is 6.30. The van der Waals surface area contributed by atoms with Gasteiger partial charge in [-0.15, -0.1) is 0 Å². The molecule has 2 aromatic carbocycles. The molecule has 1 aromatic heterocycles. The SMILES string of the molecule is COc1ccc(Cl)cc1CC(=O)NC1CC2(CCN(C(=O)c3ccc(Oc4ccc(Cl)cn4)cc3)C2)C1. The monoisotopic (exact) mass is 539 g/mol. The summed E-state index contributed by atoms with van der Waals surface area (Å²) in [6.07, 6.45) is 4.42. The number of nitrogens with zero attached hydrogens (tertiary/aromatic N) is 2. The van der Waals surface area contributed by atoms with E-state index in [0.29, 0.717) is 46.1 Å². The van der Waals surface area contributed by atoms with Crippen LogP contribution in [-0.2, 0) is 11.2 Å². The summed E-state index contributed by atoms with van der Waals surface area (Å²) in [6, 6.07) is 15.8. The molecule has 0 radical (unpaired) electrons. The molecule has 1 saturated heterocycles. The van der Waals surface area contributed by atoms with Crippen molar-refractivity contribution in [1.29, 1.82) is 0 Å². The van der Waals surface area contributed by atoms with Crippen molar-refractivity contribution in [3.8, 4) is 17.4 Å². The smallest absolute Gasteiger partial charge is 0.253 e. The number of aromatic nitrogens is 1. The van der Waals surface area contributed by atoms with Gasteiger partial charge < -0.3 is 19.7 Å². The number of carbonyl (C=O) groups excluding carboxylic acids is 2. The van der Waals surface area contributed by atoms with Crippen LogP contribution in [0.25, 0.3) is 0 Å². The van der Waals surface area contributed by atoms with E-state index in [0.717, 1.165) is 24.8 Å². The highest BCUT2D eigenvalue weighted by Crippen LogP contribution is 2.48. The Morgan fingerprint density at radius 1 is 1.08 bits per heavy atom. The second-order valence-electron chi connectivity index (χ2n) is 9.72. The van der Waals surface area contributed by atoms with Gasteiger partial charge in [0.15, 0.2) is 0 Å². The summed E-state index contributed by atoms with van der Waals surface area (Å²) >= 11 is 11.9. The molecule has 0 unspecified atom stereocenters. The number of carbonyl (C=O) groups is 2. The molecule has 5 rings (SSSR count). The molecule has 37 heavy (non-hydrogen) atoms. The lowest BCUT2D eigenvalue weighted by Crippen LogP contribution is -2.52. The summed E-state index contributed by atoms with van der Waals surface area (Å²) in [7, 11) is 1.58. The first-order valence-corrected chi connectivity index (χ1v) is 12.9. The van der Waals surface area contributed by atoms with Gasteiger partial charge in [0.05, 0.1) is 18.6 Å². The van der Waals surface area contributed by atoms with E-state index in [1.807, 2.05) is 4.90 Å². The third kappa shape index (κ3) is 5.84. The Bertz CT molecular complexity index is 1290. The van der Waals surface area contributed by atoms with Crippen molar-refractivity contribution < 1.29 is 19.1 Å². The maximum absolute atomic E-state index is 13.1. The molecule has 2 aliphatic rings. The summed E-state index contributed by atoms with van der Waals surface area (Å²) in [5.74, 6) is 1.63. The number of benzene rings is 2. The topological polar surface area (TPSA) is 80.8 Å². The van der Waals surface area contributed by atoms with Crippen LogP contribution in [0.3, 0.4) is 0 Å². The van der Waals surface area contributed by atoms with Gasteiger partial charge in [0.25, 0.3) is 5.91 Å². The van der Waals surface area contributed by atoms with Crippen LogP contribution in [0.4, 0.5) is 0 Å². The second-order valence-corrected chi connectivity index (χ2v) is 10.6. The number of likely N-dealkylation sites (tertiary alicyclic amines) is 1. The van der Waals surface area contributed by atoms with E-state index in [1.54, 1.807) is 61.7 Å². The molecule has 2 heterocycles. The number of hydrogen-bond acceptors (Lipinski definition) is 5. The lowest BCUT2D eigenvalue weighted by molar-refractivity contribution is -0.122. The first kappa shape index (κ1) is 25.4. The lowest BCUT2D eigenvalue weighted by Gasteiger charge is -2.45. The van der Waals surface area contributed by atoms with Gasteiger partial charge in [-0.05, 0) is 73.2 Å². The minimum atomic E-state index is -0.0533. The van der Waals surface area contributed by atoms with Gasteiger partial charge in [-0.1, -0.05) is 23.2 Å². The number of hydrogen-bond donors (Lipinski definition) is 1. The maximum atomic E-state index is 13.1. The van der Waals surface area contributed by atoms with Gasteiger partial charge >= 0.3 is 0 Å². The lowest BCUT2D eigenvalue weighted by atomic mass is 9.65. The number of pyridine rings is 1. The van der Waals surface area contributed by atoms with Crippen LogP contribution in [0.2, 0.25) is 10.0 Å². The highest BCUT2D eigenvalue weighted by Gasteiger charge is 2.49. The van der Waals surface area contributed by atoms with Crippen molar-refractivity contribution in [3.05, 3.63) is 82.0 Å². The first-order valence-electron chi connectivity index (χ1n) is 12.1. The minimum absolute atomic E-state index is 0.00794. The Hall–Kier alpha value is -3.29. The van der Waals surface area contributed by atoms with Crippen LogP contribution in [0.15, 0.2) is 60.8 Å². The Kier molecular flexibility index (Phi) is 7.26. The van der Waals surface area contributed by atoms with Gasteiger partial charge in [0.1, 0.15) is 11.5 Å². The number of amides is 2. The molecule has 3 aromatic rings. The zero-order valence-corrected chi connectivity index (χ0v) is 21.9. The van der Waals surface area contributed by atoms with Gasteiger partial charge in [-0.3, -0.25) is 9.59 Å². The van der Waals surface area contributed by atoms with Crippen molar-refractivity contribution in [3.63, 3.8) is 0 Å². The third-order valence-corrected chi connectivity index (χ3v) is 7.53. The quantitative estimate of drug-likeness (QED) is 0.426. The molecule has 2 fully saturated rings. The summed E-state index contributed by atoms with van der Waals surface area (Å²) < 4.78 is 11.1. The molecule has 7 nitrogen and oxygen atoms in total. The predicted octanol–water partition coefficient (Wildman–Crippen LogP) is 5.54. The Labute approximate surface area is 225 Å². The molecule has 2 amide bonds. The highest BCUT2D eigenvalue weighted by atomic mass is 35.5. The number of methoxy groups -OCH3 is 1. The molecule has 1 aliphatic carbocycles. The summed E-state index contributed by atoms with van der Waals surface area (Å²) in [6.45, 7) is 1.42. The van der Waals surface area contributed by atoms with E-state index < -0.39 is 0 Å². The Balaban J connectivity index is 1.11. The average Bonchev–Trinajstić information content (AvgIpc) is 3.31. The van der Waals surface area contributed by atoms with E-state index in [4.69, 9.17) is 32.7 Å². The van der Waals surface area contributed by atoms with Crippen molar-refractivity contribution in [2.24, 2.45) is 5.41 Å².